The molecule has 39 heavy (non-hydrogen) atoms. The number of rotatable bonds is 9. The van der Waals surface area contributed by atoms with E-state index in [1.54, 1.807) is 12.3 Å². The van der Waals surface area contributed by atoms with Crippen LogP contribution in [0.15, 0.2) is 12.3 Å². The second kappa shape index (κ2) is 10.3. The summed E-state index contributed by atoms with van der Waals surface area (Å²) in [6.45, 7) is 3.87. The van der Waals surface area contributed by atoms with E-state index in [4.69, 9.17) is 26.1 Å². The number of fused-ring (bicyclic) bond motifs is 1. The van der Waals surface area contributed by atoms with Gasteiger partial charge < -0.3 is 25.0 Å². The lowest BCUT2D eigenvalue weighted by molar-refractivity contribution is -0.0509. The molecule has 2 aliphatic carbocycles. The summed E-state index contributed by atoms with van der Waals surface area (Å²) in [6.07, 6.45) is 5.65. The normalized spacial score (nSPS) is 21.1. The van der Waals surface area contributed by atoms with E-state index in [1.807, 2.05) is 20.8 Å². The molecule has 0 spiro atoms. The van der Waals surface area contributed by atoms with E-state index < -0.39 is 42.8 Å². The predicted octanol–water partition coefficient (Wildman–Crippen LogP) is 4.73. The molecular weight excluding hydrogens is 534 g/mol. The molecule has 0 radical (unpaired) electrons. The molecule has 10 nitrogen and oxygen atoms in total. The number of nitrogens with zero attached hydrogens (tertiary/aromatic N) is 4. The van der Waals surface area contributed by atoms with Crippen molar-refractivity contribution in [3.63, 3.8) is 0 Å². The van der Waals surface area contributed by atoms with Gasteiger partial charge in [-0.1, -0.05) is 11.6 Å². The van der Waals surface area contributed by atoms with Crippen LogP contribution in [0.4, 0.5) is 18.4 Å². The molecule has 3 amide bonds. The van der Waals surface area contributed by atoms with Crippen LogP contribution in [0.25, 0.3) is 5.65 Å². The van der Waals surface area contributed by atoms with Gasteiger partial charge in [-0.3, -0.25) is 0 Å². The molecule has 3 fully saturated rings. The van der Waals surface area contributed by atoms with Crippen molar-refractivity contribution in [1.29, 1.82) is 0 Å². The molecule has 0 aromatic carbocycles. The van der Waals surface area contributed by atoms with Crippen LogP contribution in [-0.2, 0) is 9.47 Å². The lowest BCUT2D eigenvalue weighted by atomic mass is 9.88. The average Bonchev–Trinajstić information content (AvgIpc) is 3.77. The molecule has 2 aromatic rings. The quantitative estimate of drug-likeness (QED) is 0.452. The van der Waals surface area contributed by atoms with Crippen LogP contribution < -0.4 is 10.6 Å². The zero-order valence-electron chi connectivity index (χ0n) is 22.5. The van der Waals surface area contributed by atoms with Crippen molar-refractivity contribution < 1.29 is 27.8 Å². The van der Waals surface area contributed by atoms with Crippen LogP contribution in [0, 0.1) is 17.8 Å². The van der Waals surface area contributed by atoms with E-state index in [-0.39, 0.29) is 23.7 Å². The van der Waals surface area contributed by atoms with Gasteiger partial charge >= 0.3 is 12.1 Å². The number of urea groups is 1. The molecular formula is C26H35ClF2N6O4. The Balaban J connectivity index is 1.50. The summed E-state index contributed by atoms with van der Waals surface area (Å²) < 4.78 is 40.8. The molecule has 3 heterocycles. The maximum atomic E-state index is 14.2. The largest absolute Gasteiger partial charge is 0.444 e. The highest BCUT2D eigenvalue weighted by molar-refractivity contribution is 6.30. The number of aromatic nitrogens is 3. The summed E-state index contributed by atoms with van der Waals surface area (Å²) in [6, 6.07) is -0.296. The number of carbonyl (C=O) groups is 2. The maximum Gasteiger partial charge on any atom is 0.408 e. The number of carbonyl (C=O) groups excluding carboxylic acids is 2. The minimum Gasteiger partial charge on any atom is -0.444 e. The Hall–Kier alpha value is -2.73. The first-order valence-electron chi connectivity index (χ1n) is 13.3. The van der Waals surface area contributed by atoms with Crippen LogP contribution in [0.5, 0.6) is 0 Å². The smallest absolute Gasteiger partial charge is 0.408 e. The number of methoxy groups -OCH3 is 1. The number of alkyl halides is 2. The number of amides is 3. The third-order valence-electron chi connectivity index (χ3n) is 7.38. The van der Waals surface area contributed by atoms with E-state index >= 15 is 0 Å². The van der Waals surface area contributed by atoms with E-state index in [0.717, 1.165) is 30.6 Å². The fraction of sp³-hybridized carbons (Fsp3) is 0.692. The minimum absolute atomic E-state index is 0.0350. The molecule has 2 N–H and O–H groups in total. The van der Waals surface area contributed by atoms with E-state index in [0.29, 0.717) is 28.7 Å². The van der Waals surface area contributed by atoms with Gasteiger partial charge in [0, 0.05) is 12.7 Å². The van der Waals surface area contributed by atoms with Gasteiger partial charge in [-0.05, 0) is 70.3 Å². The molecule has 0 unspecified atom stereocenters. The van der Waals surface area contributed by atoms with Crippen LogP contribution in [0.2, 0.25) is 5.15 Å². The monoisotopic (exact) mass is 568 g/mol. The number of imidazole rings is 1. The summed E-state index contributed by atoms with van der Waals surface area (Å²) in [4.78, 5) is 31.2. The number of alkyl carbamates (subject to hydrolysis) is 1. The Morgan fingerprint density at radius 1 is 1.28 bits per heavy atom. The molecule has 214 valence electrons. The first-order chi connectivity index (χ1) is 18.3. The highest BCUT2D eigenvalue weighted by Gasteiger charge is 2.48. The van der Waals surface area contributed by atoms with Crippen LogP contribution in [-0.4, -0.2) is 70.0 Å². The highest BCUT2D eigenvalue weighted by Crippen LogP contribution is 2.54. The lowest BCUT2D eigenvalue weighted by Crippen LogP contribution is -2.58. The lowest BCUT2D eigenvalue weighted by Gasteiger charge is -2.38. The van der Waals surface area contributed by atoms with Crippen molar-refractivity contribution in [2.24, 2.45) is 17.8 Å². The van der Waals surface area contributed by atoms with E-state index in [2.05, 4.69) is 15.7 Å². The standard InChI is InChI=1S/C26H35ClF2N6O4/c1-25(2,3)39-24(37)32-21(20(14-5-6-14)15-7-8-15)17-10-35-19(31-17)9-16(22(27)33-35)18(11-38-4)34-13-26(28,29)12-30-23(34)36/h9-10,14-15,18,20-21H,5-8,11-13H2,1-4H3,(H,30,36)(H,32,37)/t18-,21-/m1/s1. The number of nitrogens with one attached hydrogen (secondary N) is 2. The molecule has 3 aliphatic rings. The molecule has 1 aliphatic heterocycles. The highest BCUT2D eigenvalue weighted by atomic mass is 35.5. The average molecular weight is 569 g/mol. The summed E-state index contributed by atoms with van der Waals surface area (Å²) >= 11 is 6.55. The fourth-order valence-electron chi connectivity index (χ4n) is 5.45. The fourth-order valence-corrected chi connectivity index (χ4v) is 5.71. The molecule has 13 heteroatoms. The van der Waals surface area contributed by atoms with Crippen molar-refractivity contribution in [1.82, 2.24) is 30.1 Å². The summed E-state index contributed by atoms with van der Waals surface area (Å²) in [5, 5.41) is 9.77. The topological polar surface area (TPSA) is 110 Å². The maximum absolute atomic E-state index is 14.2. The van der Waals surface area contributed by atoms with Gasteiger partial charge in [0.15, 0.2) is 10.8 Å². The summed E-state index contributed by atoms with van der Waals surface area (Å²) in [7, 11) is 1.42. The Kier molecular flexibility index (Phi) is 7.38. The molecule has 0 bridgehead atoms. The van der Waals surface area contributed by atoms with Crippen LogP contribution in [0.1, 0.15) is 69.8 Å². The minimum atomic E-state index is -3.11. The summed E-state index contributed by atoms with van der Waals surface area (Å²) in [5.74, 6) is -1.89. The Morgan fingerprint density at radius 2 is 1.95 bits per heavy atom. The van der Waals surface area contributed by atoms with Crippen LogP contribution in [0.3, 0.4) is 0 Å². The van der Waals surface area contributed by atoms with Crippen molar-refractivity contribution in [3.05, 3.63) is 28.7 Å². The van der Waals surface area contributed by atoms with Gasteiger partial charge in [-0.2, -0.15) is 5.10 Å². The van der Waals surface area contributed by atoms with Crippen molar-refractivity contribution in [3.8, 4) is 0 Å². The Morgan fingerprint density at radius 3 is 2.54 bits per heavy atom. The second-order valence-corrected chi connectivity index (χ2v) is 12.2. The number of halogens is 3. The van der Waals surface area contributed by atoms with Crippen molar-refractivity contribution in [2.75, 3.05) is 26.8 Å². The Labute approximate surface area is 230 Å². The molecule has 2 atom stereocenters. The molecule has 2 saturated carbocycles. The van der Waals surface area contributed by atoms with Gasteiger partial charge in [0.1, 0.15) is 5.60 Å². The first kappa shape index (κ1) is 27.8. The van der Waals surface area contributed by atoms with Crippen molar-refractivity contribution in [2.45, 2.75) is 70.1 Å². The van der Waals surface area contributed by atoms with Gasteiger partial charge in [0.05, 0.1) is 43.7 Å². The van der Waals surface area contributed by atoms with Crippen LogP contribution >= 0.6 is 11.6 Å². The van der Waals surface area contributed by atoms with E-state index in [1.165, 1.54) is 11.6 Å². The molecule has 5 rings (SSSR count). The van der Waals surface area contributed by atoms with Gasteiger partial charge in [0.2, 0.25) is 0 Å². The summed E-state index contributed by atoms with van der Waals surface area (Å²) in [5.41, 5.74) is 0.723. The van der Waals surface area contributed by atoms with Gasteiger partial charge in [-0.15, -0.1) is 0 Å². The van der Waals surface area contributed by atoms with Gasteiger partial charge in [-0.25, -0.2) is 27.9 Å². The first-order valence-corrected chi connectivity index (χ1v) is 13.7. The number of hydrogen-bond donors (Lipinski definition) is 2. The predicted molar refractivity (Wildman–Crippen MR) is 139 cm³/mol. The Bertz CT molecular complexity index is 1230. The van der Waals surface area contributed by atoms with Crippen molar-refractivity contribution >= 4 is 29.4 Å². The third kappa shape index (κ3) is 6.37. The van der Waals surface area contributed by atoms with E-state index in [9.17, 15) is 18.4 Å². The zero-order chi connectivity index (χ0) is 28.1. The second-order valence-electron chi connectivity index (χ2n) is 11.8. The third-order valence-corrected chi connectivity index (χ3v) is 7.67. The number of hydrogen-bond acceptors (Lipinski definition) is 6. The molecule has 1 saturated heterocycles. The SMILES string of the molecule is COC[C@H](c1cc2nc([C@@H](NC(=O)OC(C)(C)C)C(C3CC3)C3CC3)cn2nc1Cl)N1CC(F)(F)CNC1=O. The zero-order valence-corrected chi connectivity index (χ0v) is 23.3. The molecule has 2 aromatic heterocycles. The van der Waals surface area contributed by atoms with Gasteiger partial charge in [0.25, 0.3) is 5.92 Å². The number of ether oxygens (including phenoxy) is 2.